The van der Waals surface area contributed by atoms with Crippen molar-refractivity contribution in [3.63, 3.8) is 0 Å². The molecule has 30 heavy (non-hydrogen) atoms. The van der Waals surface area contributed by atoms with Crippen LogP contribution in [0.3, 0.4) is 0 Å². The normalized spacial score (nSPS) is 22.8. The Morgan fingerprint density at radius 3 is 2.43 bits per heavy atom. The highest BCUT2D eigenvalue weighted by Crippen LogP contribution is 2.37. The molecule has 6 nitrogen and oxygen atoms in total. The Morgan fingerprint density at radius 1 is 1.27 bits per heavy atom. The molecule has 1 saturated heterocycles. The van der Waals surface area contributed by atoms with Crippen LogP contribution in [-0.2, 0) is 15.1 Å². The van der Waals surface area contributed by atoms with Crippen molar-refractivity contribution < 1.29 is 27.6 Å². The van der Waals surface area contributed by atoms with Gasteiger partial charge in [-0.1, -0.05) is 43.7 Å². The third-order valence-electron chi connectivity index (χ3n) is 5.83. The monoisotopic (exact) mass is 425 g/mol. The summed E-state index contributed by atoms with van der Waals surface area (Å²) in [7, 11) is 0. The summed E-state index contributed by atoms with van der Waals surface area (Å²) in [5, 5.41) is 2.69. The zero-order valence-corrected chi connectivity index (χ0v) is 17.0. The molecule has 0 spiro atoms. The first kappa shape index (κ1) is 22.1. The van der Waals surface area contributed by atoms with E-state index in [0.29, 0.717) is 18.4 Å². The predicted molar refractivity (Wildman–Crippen MR) is 103 cm³/mol. The zero-order valence-electron chi connectivity index (χ0n) is 17.0. The van der Waals surface area contributed by atoms with Gasteiger partial charge in [0.15, 0.2) is 0 Å². The van der Waals surface area contributed by atoms with Gasteiger partial charge in [0, 0.05) is 6.04 Å². The van der Waals surface area contributed by atoms with E-state index in [1.807, 2.05) is 6.92 Å². The van der Waals surface area contributed by atoms with Gasteiger partial charge < -0.3 is 10.2 Å². The van der Waals surface area contributed by atoms with Crippen molar-refractivity contribution in [2.24, 2.45) is 5.92 Å². The number of carbonyl (C=O) groups excluding carboxylic acids is 3. The third-order valence-corrected chi connectivity index (χ3v) is 5.83. The fraction of sp³-hybridized carbons (Fsp3) is 0.571. The van der Waals surface area contributed by atoms with Gasteiger partial charge in [0.05, 0.1) is 0 Å². The molecule has 0 aromatic heterocycles. The largest absolute Gasteiger partial charge is 0.406 e. The molecule has 1 N–H and O–H groups in total. The fourth-order valence-electron chi connectivity index (χ4n) is 4.09. The van der Waals surface area contributed by atoms with Crippen molar-refractivity contribution in [3.05, 3.63) is 35.9 Å². The van der Waals surface area contributed by atoms with E-state index < -0.39 is 48.7 Å². The van der Waals surface area contributed by atoms with Crippen LogP contribution in [0.4, 0.5) is 18.0 Å². The molecule has 9 heteroatoms. The number of alkyl halides is 3. The first-order valence-electron chi connectivity index (χ1n) is 10.1. The van der Waals surface area contributed by atoms with Crippen molar-refractivity contribution in [3.8, 4) is 0 Å². The molecule has 2 atom stereocenters. The summed E-state index contributed by atoms with van der Waals surface area (Å²) in [6.07, 6.45) is -2.14. The summed E-state index contributed by atoms with van der Waals surface area (Å²) in [5.74, 6) is -1.47. The maximum Gasteiger partial charge on any atom is 0.406 e. The summed E-state index contributed by atoms with van der Waals surface area (Å²) in [4.78, 5) is 40.1. The number of nitrogens with one attached hydrogen (secondary N) is 1. The molecular formula is C21H26F3N3O3. The highest BCUT2D eigenvalue weighted by molar-refractivity contribution is 6.09. The van der Waals surface area contributed by atoms with Crippen molar-refractivity contribution in [2.45, 2.75) is 57.3 Å². The van der Waals surface area contributed by atoms with Crippen molar-refractivity contribution in [1.82, 2.24) is 15.1 Å². The molecule has 1 aliphatic heterocycles. The lowest BCUT2D eigenvalue weighted by atomic mass is 9.85. The van der Waals surface area contributed by atoms with Crippen molar-refractivity contribution in [2.75, 3.05) is 13.1 Å². The number of imide groups is 1. The quantitative estimate of drug-likeness (QED) is 0.649. The highest BCUT2D eigenvalue weighted by Gasteiger charge is 2.52. The van der Waals surface area contributed by atoms with Gasteiger partial charge in [0.25, 0.3) is 5.91 Å². The summed E-state index contributed by atoms with van der Waals surface area (Å²) in [6, 6.07) is 7.31. The minimum atomic E-state index is -4.56. The molecule has 1 aromatic carbocycles. The van der Waals surface area contributed by atoms with Crippen LogP contribution in [0, 0.1) is 5.92 Å². The average molecular weight is 425 g/mol. The summed E-state index contributed by atoms with van der Waals surface area (Å²) in [6.45, 7) is 1.33. The van der Waals surface area contributed by atoms with E-state index in [4.69, 9.17) is 0 Å². The Labute approximate surface area is 173 Å². The van der Waals surface area contributed by atoms with Crippen LogP contribution >= 0.6 is 0 Å². The number of nitrogens with zero attached hydrogens (tertiary/aromatic N) is 2. The number of hydrogen-bond donors (Lipinski definition) is 1. The Bertz CT molecular complexity index is 811. The fourth-order valence-corrected chi connectivity index (χ4v) is 4.09. The van der Waals surface area contributed by atoms with Crippen LogP contribution < -0.4 is 5.32 Å². The standard InChI is InChI=1S/C21H26F3N3O3/c1-3-11-20(16-7-5-4-6-8-16)18(29)26(19(30)25-20)12-17(28)27(13-21(22,23)24)14(2)15-9-10-15/h4-8,14-15H,3,9-13H2,1-2H3,(H,25,30). The van der Waals surface area contributed by atoms with Gasteiger partial charge in [-0.2, -0.15) is 13.2 Å². The molecule has 1 saturated carbocycles. The van der Waals surface area contributed by atoms with Gasteiger partial charge in [-0.25, -0.2) is 4.79 Å². The van der Waals surface area contributed by atoms with E-state index in [1.54, 1.807) is 37.3 Å². The Hall–Kier alpha value is -2.58. The lowest BCUT2D eigenvalue weighted by Gasteiger charge is -2.31. The number of benzene rings is 1. The summed E-state index contributed by atoms with van der Waals surface area (Å²) >= 11 is 0. The van der Waals surface area contributed by atoms with E-state index in [2.05, 4.69) is 5.32 Å². The second-order valence-electron chi connectivity index (χ2n) is 8.06. The molecule has 4 amide bonds. The summed E-state index contributed by atoms with van der Waals surface area (Å²) < 4.78 is 39.2. The topological polar surface area (TPSA) is 69.7 Å². The van der Waals surface area contributed by atoms with Crippen LogP contribution in [0.15, 0.2) is 30.3 Å². The molecular weight excluding hydrogens is 399 g/mol. The molecule has 0 radical (unpaired) electrons. The minimum Gasteiger partial charge on any atom is -0.329 e. The maximum absolute atomic E-state index is 13.2. The molecule has 1 heterocycles. The van der Waals surface area contributed by atoms with E-state index in [-0.39, 0.29) is 5.92 Å². The number of halogens is 3. The van der Waals surface area contributed by atoms with Gasteiger partial charge in [-0.05, 0) is 37.7 Å². The van der Waals surface area contributed by atoms with E-state index in [1.165, 1.54) is 0 Å². The first-order chi connectivity index (χ1) is 14.1. The zero-order chi connectivity index (χ0) is 22.1. The van der Waals surface area contributed by atoms with Gasteiger partial charge in [0.1, 0.15) is 18.6 Å². The molecule has 3 rings (SSSR count). The number of hydrogen-bond acceptors (Lipinski definition) is 3. The Kier molecular flexibility index (Phi) is 6.10. The van der Waals surface area contributed by atoms with E-state index in [0.717, 1.165) is 22.6 Å². The first-order valence-corrected chi connectivity index (χ1v) is 10.1. The number of carbonyl (C=O) groups is 3. The van der Waals surface area contributed by atoms with Gasteiger partial charge in [-0.15, -0.1) is 0 Å². The number of urea groups is 1. The van der Waals surface area contributed by atoms with Gasteiger partial charge in [0.2, 0.25) is 5.91 Å². The molecule has 2 unspecified atom stereocenters. The molecule has 1 aromatic rings. The Morgan fingerprint density at radius 2 is 1.90 bits per heavy atom. The van der Waals surface area contributed by atoms with Gasteiger partial charge >= 0.3 is 12.2 Å². The molecule has 0 bridgehead atoms. The van der Waals surface area contributed by atoms with Crippen LogP contribution in [0.5, 0.6) is 0 Å². The van der Waals surface area contributed by atoms with Crippen LogP contribution in [-0.4, -0.2) is 53.0 Å². The Balaban J connectivity index is 1.83. The SMILES string of the molecule is CCCC1(c2ccccc2)NC(=O)N(CC(=O)N(CC(F)(F)F)C(C)C2CC2)C1=O. The summed E-state index contributed by atoms with van der Waals surface area (Å²) in [5.41, 5.74) is -0.733. The smallest absolute Gasteiger partial charge is 0.329 e. The number of rotatable bonds is 8. The molecule has 2 aliphatic rings. The number of amides is 4. The highest BCUT2D eigenvalue weighted by atomic mass is 19.4. The van der Waals surface area contributed by atoms with Crippen molar-refractivity contribution >= 4 is 17.8 Å². The lowest BCUT2D eigenvalue weighted by molar-refractivity contribution is -0.166. The minimum absolute atomic E-state index is 0.0166. The maximum atomic E-state index is 13.2. The molecule has 2 fully saturated rings. The van der Waals surface area contributed by atoms with Crippen LogP contribution in [0.25, 0.3) is 0 Å². The second kappa shape index (κ2) is 8.28. The second-order valence-corrected chi connectivity index (χ2v) is 8.06. The van der Waals surface area contributed by atoms with E-state index >= 15 is 0 Å². The lowest BCUT2D eigenvalue weighted by Crippen LogP contribution is -2.50. The predicted octanol–water partition coefficient (Wildman–Crippen LogP) is 3.42. The molecule has 1 aliphatic carbocycles. The third kappa shape index (κ3) is 4.44. The van der Waals surface area contributed by atoms with E-state index in [9.17, 15) is 27.6 Å². The average Bonchev–Trinajstić information content (AvgIpc) is 3.50. The van der Waals surface area contributed by atoms with Crippen LogP contribution in [0.1, 0.15) is 45.1 Å². The van der Waals surface area contributed by atoms with Gasteiger partial charge in [-0.3, -0.25) is 14.5 Å². The van der Waals surface area contributed by atoms with Crippen LogP contribution in [0.2, 0.25) is 0 Å². The van der Waals surface area contributed by atoms with Crippen molar-refractivity contribution in [1.29, 1.82) is 0 Å². The molecule has 164 valence electrons.